The van der Waals surface area contributed by atoms with Gasteiger partial charge in [0, 0.05) is 24.8 Å². The molecule has 1 atom stereocenters. The van der Waals surface area contributed by atoms with Gasteiger partial charge in [-0.1, -0.05) is 6.92 Å². The predicted octanol–water partition coefficient (Wildman–Crippen LogP) is 1.33. The molecule has 3 rings (SSSR count). The molecule has 0 aliphatic rings. The lowest BCUT2D eigenvalue weighted by Gasteiger charge is -2.14. The summed E-state index contributed by atoms with van der Waals surface area (Å²) in [6, 6.07) is -0.149. The first-order valence-corrected chi connectivity index (χ1v) is 6.37. The largest absolute Gasteiger partial charge is 0.347 e. The number of nitrogens with zero attached hydrogens (tertiary/aromatic N) is 4. The van der Waals surface area contributed by atoms with Crippen LogP contribution < -0.4 is 5.32 Å². The van der Waals surface area contributed by atoms with Gasteiger partial charge in [0.15, 0.2) is 0 Å². The Balaban J connectivity index is 1.85. The molecule has 7 heteroatoms. The molecular weight excluding hydrogens is 256 g/mol. The van der Waals surface area contributed by atoms with E-state index in [1.54, 1.807) is 41.7 Å². The second-order valence-electron chi connectivity index (χ2n) is 4.37. The second kappa shape index (κ2) is 5.12. The molecule has 102 valence electrons. The first-order chi connectivity index (χ1) is 9.79. The van der Waals surface area contributed by atoms with Crippen LogP contribution in [0.3, 0.4) is 0 Å². The van der Waals surface area contributed by atoms with Crippen LogP contribution in [0.2, 0.25) is 0 Å². The van der Waals surface area contributed by atoms with Crippen molar-refractivity contribution in [2.75, 3.05) is 0 Å². The minimum Gasteiger partial charge on any atom is -0.347 e. The van der Waals surface area contributed by atoms with Crippen molar-refractivity contribution in [3.63, 3.8) is 0 Å². The fourth-order valence-corrected chi connectivity index (χ4v) is 2.08. The molecule has 1 amide bonds. The van der Waals surface area contributed by atoms with Gasteiger partial charge in [0.25, 0.3) is 5.91 Å². The summed E-state index contributed by atoms with van der Waals surface area (Å²) in [6.07, 6.45) is 10.6. The molecule has 0 saturated heterocycles. The number of H-pyrrole nitrogens is 1. The highest BCUT2D eigenvalue weighted by atomic mass is 16.1. The van der Waals surface area contributed by atoms with E-state index in [9.17, 15) is 4.79 Å². The number of aromatic amines is 1. The lowest BCUT2D eigenvalue weighted by atomic mass is 10.2. The maximum atomic E-state index is 12.4. The molecule has 3 heterocycles. The number of fused-ring (bicyclic) bond motifs is 1. The Labute approximate surface area is 115 Å². The summed E-state index contributed by atoms with van der Waals surface area (Å²) in [5, 5.41) is 7.08. The summed E-state index contributed by atoms with van der Waals surface area (Å²) in [6.45, 7) is 1.99. The molecule has 0 aromatic carbocycles. The highest BCUT2D eigenvalue weighted by molar-refractivity contribution is 6.00. The molecule has 0 aliphatic carbocycles. The zero-order valence-electron chi connectivity index (χ0n) is 10.9. The number of aromatic nitrogens is 5. The standard InChI is InChI=1S/C13H14N6O/c1-2-10(12-15-3-4-16-12)18-13(20)9-7-17-19-6-5-14-8-11(9)19/h3-8,10H,2H2,1H3,(H,15,16)(H,18,20). The maximum Gasteiger partial charge on any atom is 0.255 e. The first-order valence-electron chi connectivity index (χ1n) is 6.37. The van der Waals surface area contributed by atoms with Crippen LogP contribution in [0.1, 0.15) is 35.6 Å². The minimum atomic E-state index is -0.184. The summed E-state index contributed by atoms with van der Waals surface area (Å²) in [5.41, 5.74) is 1.18. The molecule has 1 unspecified atom stereocenters. The zero-order chi connectivity index (χ0) is 13.9. The quantitative estimate of drug-likeness (QED) is 0.748. The summed E-state index contributed by atoms with van der Waals surface area (Å²) >= 11 is 0. The van der Waals surface area contributed by atoms with Crippen molar-refractivity contribution in [3.05, 3.63) is 48.6 Å². The fraction of sp³-hybridized carbons (Fsp3) is 0.231. The van der Waals surface area contributed by atoms with E-state index >= 15 is 0 Å². The Morgan fingerprint density at radius 1 is 1.45 bits per heavy atom. The number of imidazole rings is 1. The van der Waals surface area contributed by atoms with Gasteiger partial charge < -0.3 is 10.3 Å². The number of carbonyl (C=O) groups excluding carboxylic acids is 1. The van der Waals surface area contributed by atoms with E-state index in [-0.39, 0.29) is 11.9 Å². The normalized spacial score (nSPS) is 12.4. The van der Waals surface area contributed by atoms with Crippen molar-refractivity contribution >= 4 is 11.4 Å². The summed E-state index contributed by atoms with van der Waals surface area (Å²) in [5.74, 6) is 0.562. The number of carbonyl (C=O) groups is 1. The summed E-state index contributed by atoms with van der Waals surface area (Å²) < 4.78 is 1.62. The Kier molecular flexibility index (Phi) is 3.16. The van der Waals surface area contributed by atoms with Crippen LogP contribution in [0.4, 0.5) is 0 Å². The Morgan fingerprint density at radius 2 is 2.35 bits per heavy atom. The van der Waals surface area contributed by atoms with Crippen molar-refractivity contribution in [3.8, 4) is 0 Å². The Morgan fingerprint density at radius 3 is 3.10 bits per heavy atom. The van der Waals surface area contributed by atoms with Crippen LogP contribution >= 0.6 is 0 Å². The molecule has 3 aromatic heterocycles. The maximum absolute atomic E-state index is 12.4. The van der Waals surface area contributed by atoms with E-state index in [1.807, 2.05) is 6.92 Å². The van der Waals surface area contributed by atoms with E-state index in [0.717, 1.165) is 12.2 Å². The monoisotopic (exact) mass is 270 g/mol. The molecule has 0 radical (unpaired) electrons. The molecule has 0 spiro atoms. The molecule has 0 saturated carbocycles. The Hall–Kier alpha value is -2.70. The lowest BCUT2D eigenvalue weighted by Crippen LogP contribution is -2.28. The van der Waals surface area contributed by atoms with Gasteiger partial charge in [-0.25, -0.2) is 9.50 Å². The number of amides is 1. The van der Waals surface area contributed by atoms with Gasteiger partial charge in [-0.2, -0.15) is 5.10 Å². The minimum absolute atomic E-state index is 0.149. The summed E-state index contributed by atoms with van der Waals surface area (Å²) in [7, 11) is 0. The number of nitrogens with one attached hydrogen (secondary N) is 2. The predicted molar refractivity (Wildman–Crippen MR) is 72.1 cm³/mol. The van der Waals surface area contributed by atoms with Crippen molar-refractivity contribution in [2.45, 2.75) is 19.4 Å². The van der Waals surface area contributed by atoms with E-state index in [2.05, 4.69) is 25.4 Å². The van der Waals surface area contributed by atoms with Crippen molar-refractivity contribution < 1.29 is 4.79 Å². The van der Waals surface area contributed by atoms with Gasteiger partial charge in [0.1, 0.15) is 5.82 Å². The van der Waals surface area contributed by atoms with Gasteiger partial charge in [0.2, 0.25) is 0 Å². The van der Waals surface area contributed by atoms with Crippen LogP contribution in [-0.4, -0.2) is 30.5 Å². The van der Waals surface area contributed by atoms with Crippen LogP contribution in [0.25, 0.3) is 5.52 Å². The highest BCUT2D eigenvalue weighted by Gasteiger charge is 2.18. The number of hydrogen-bond acceptors (Lipinski definition) is 4. The molecule has 7 nitrogen and oxygen atoms in total. The lowest BCUT2D eigenvalue weighted by molar-refractivity contribution is 0.0935. The van der Waals surface area contributed by atoms with Crippen molar-refractivity contribution in [1.29, 1.82) is 0 Å². The molecule has 0 bridgehead atoms. The Bertz CT molecular complexity index is 717. The third-order valence-electron chi connectivity index (χ3n) is 3.13. The topological polar surface area (TPSA) is 88.0 Å². The van der Waals surface area contributed by atoms with Gasteiger partial charge in [0.05, 0.1) is 29.5 Å². The molecular formula is C13H14N6O. The van der Waals surface area contributed by atoms with Crippen LogP contribution in [0, 0.1) is 0 Å². The summed E-state index contributed by atoms with van der Waals surface area (Å²) in [4.78, 5) is 23.6. The first kappa shape index (κ1) is 12.3. The third kappa shape index (κ3) is 2.13. The molecule has 20 heavy (non-hydrogen) atoms. The third-order valence-corrected chi connectivity index (χ3v) is 3.13. The average molecular weight is 270 g/mol. The van der Waals surface area contributed by atoms with Crippen LogP contribution in [0.15, 0.2) is 37.2 Å². The van der Waals surface area contributed by atoms with Gasteiger partial charge in [-0.15, -0.1) is 0 Å². The van der Waals surface area contributed by atoms with Crippen molar-refractivity contribution in [1.82, 2.24) is 29.9 Å². The van der Waals surface area contributed by atoms with Gasteiger partial charge >= 0.3 is 0 Å². The molecule has 0 fully saturated rings. The average Bonchev–Trinajstić information content (AvgIpc) is 3.13. The second-order valence-corrected chi connectivity index (χ2v) is 4.37. The zero-order valence-corrected chi connectivity index (χ0v) is 10.9. The number of rotatable bonds is 4. The van der Waals surface area contributed by atoms with E-state index in [4.69, 9.17) is 0 Å². The van der Waals surface area contributed by atoms with Crippen LogP contribution in [-0.2, 0) is 0 Å². The smallest absolute Gasteiger partial charge is 0.255 e. The molecule has 3 aromatic rings. The van der Waals surface area contributed by atoms with E-state index < -0.39 is 0 Å². The molecule has 2 N–H and O–H groups in total. The van der Waals surface area contributed by atoms with E-state index in [0.29, 0.717) is 11.1 Å². The highest BCUT2D eigenvalue weighted by Crippen LogP contribution is 2.14. The fourth-order valence-electron chi connectivity index (χ4n) is 2.08. The van der Waals surface area contributed by atoms with Gasteiger partial charge in [-0.05, 0) is 6.42 Å². The van der Waals surface area contributed by atoms with E-state index in [1.165, 1.54) is 0 Å². The molecule has 0 aliphatic heterocycles. The number of hydrogen-bond donors (Lipinski definition) is 2. The van der Waals surface area contributed by atoms with Crippen LogP contribution in [0.5, 0.6) is 0 Å². The van der Waals surface area contributed by atoms with Crippen molar-refractivity contribution in [2.24, 2.45) is 0 Å². The van der Waals surface area contributed by atoms with Gasteiger partial charge in [-0.3, -0.25) is 9.78 Å². The SMILES string of the molecule is CCC(NC(=O)c1cnn2ccncc12)c1ncc[nH]1.